The Morgan fingerprint density at radius 1 is 1.09 bits per heavy atom. The van der Waals surface area contributed by atoms with Crippen LogP contribution >= 0.6 is 11.6 Å². The van der Waals surface area contributed by atoms with Gasteiger partial charge in [-0.05, 0) is 29.8 Å². The number of carbonyl (C=O) groups is 1. The first-order valence-electron chi connectivity index (χ1n) is 6.72. The number of hydrogen-bond donors (Lipinski definition) is 1. The Morgan fingerprint density at radius 3 is 2.55 bits per heavy atom. The average Bonchev–Trinajstić information content (AvgIpc) is 2.99. The molecule has 6 heteroatoms. The first-order chi connectivity index (χ1) is 10.7. The third kappa shape index (κ3) is 3.51. The Balaban J connectivity index is 1.67. The fraction of sp³-hybridized carbons (Fsp3) is 0.0625. The molecule has 0 aliphatic heterocycles. The summed E-state index contributed by atoms with van der Waals surface area (Å²) in [5, 5.41) is 11.2. The summed E-state index contributed by atoms with van der Waals surface area (Å²) in [4.78, 5) is 12.1. The van der Waals surface area contributed by atoms with E-state index in [1.165, 1.54) is 0 Å². The summed E-state index contributed by atoms with van der Waals surface area (Å²) in [6.45, 7) is 0.571. The van der Waals surface area contributed by atoms with Crippen molar-refractivity contribution in [2.24, 2.45) is 0 Å². The molecule has 2 aromatic carbocycles. The van der Waals surface area contributed by atoms with Gasteiger partial charge in [0, 0.05) is 10.7 Å². The van der Waals surface area contributed by atoms with Gasteiger partial charge in [0.1, 0.15) is 0 Å². The number of aromatic nitrogens is 3. The molecule has 0 fully saturated rings. The summed E-state index contributed by atoms with van der Waals surface area (Å²) in [5.74, 6) is -0.304. The quantitative estimate of drug-likeness (QED) is 0.804. The van der Waals surface area contributed by atoms with E-state index >= 15 is 0 Å². The number of amides is 1. The van der Waals surface area contributed by atoms with Crippen molar-refractivity contribution in [3.05, 3.63) is 77.1 Å². The molecule has 22 heavy (non-hydrogen) atoms. The van der Waals surface area contributed by atoms with E-state index in [0.717, 1.165) is 5.56 Å². The summed E-state index contributed by atoms with van der Waals surface area (Å²) in [6.07, 6.45) is 1.62. The highest BCUT2D eigenvalue weighted by atomic mass is 35.5. The second-order valence-corrected chi connectivity index (χ2v) is 5.18. The van der Waals surface area contributed by atoms with Crippen molar-refractivity contribution in [1.29, 1.82) is 0 Å². The van der Waals surface area contributed by atoms with Crippen molar-refractivity contribution in [3.8, 4) is 0 Å². The highest BCUT2D eigenvalue weighted by Gasteiger charge is 2.11. The van der Waals surface area contributed by atoms with Gasteiger partial charge in [-0.2, -0.15) is 0 Å². The van der Waals surface area contributed by atoms with Crippen LogP contribution in [-0.2, 0) is 6.54 Å². The van der Waals surface area contributed by atoms with Gasteiger partial charge in [0.25, 0.3) is 5.91 Å². The lowest BCUT2D eigenvalue weighted by Gasteiger charge is -2.02. The van der Waals surface area contributed by atoms with Crippen molar-refractivity contribution < 1.29 is 4.79 Å². The van der Waals surface area contributed by atoms with E-state index in [1.807, 2.05) is 30.3 Å². The van der Waals surface area contributed by atoms with E-state index in [1.54, 1.807) is 35.1 Å². The molecule has 0 spiro atoms. The van der Waals surface area contributed by atoms with Gasteiger partial charge in [-0.15, -0.1) is 5.10 Å². The van der Waals surface area contributed by atoms with Crippen LogP contribution in [0.25, 0.3) is 0 Å². The molecule has 0 radical (unpaired) electrons. The second-order valence-electron chi connectivity index (χ2n) is 4.75. The molecule has 110 valence electrons. The SMILES string of the molecule is O=C(Nc1ccc(Cl)cc1)c1cn(Cc2ccccc2)nn1. The van der Waals surface area contributed by atoms with Gasteiger partial charge in [0.05, 0.1) is 12.7 Å². The summed E-state index contributed by atoms with van der Waals surface area (Å²) in [7, 11) is 0. The monoisotopic (exact) mass is 312 g/mol. The predicted octanol–water partition coefficient (Wildman–Crippen LogP) is 3.23. The van der Waals surface area contributed by atoms with Crippen molar-refractivity contribution in [3.63, 3.8) is 0 Å². The molecule has 0 aliphatic carbocycles. The van der Waals surface area contributed by atoms with Crippen LogP contribution in [0, 0.1) is 0 Å². The van der Waals surface area contributed by atoms with Gasteiger partial charge in [-0.3, -0.25) is 4.79 Å². The van der Waals surface area contributed by atoms with Crippen LogP contribution < -0.4 is 5.32 Å². The largest absolute Gasteiger partial charge is 0.321 e. The highest BCUT2D eigenvalue weighted by Crippen LogP contribution is 2.14. The van der Waals surface area contributed by atoms with Gasteiger partial charge in [-0.25, -0.2) is 4.68 Å². The minimum atomic E-state index is -0.304. The normalized spacial score (nSPS) is 10.4. The summed E-state index contributed by atoms with van der Waals surface area (Å²) < 4.78 is 1.63. The maximum Gasteiger partial charge on any atom is 0.277 e. The Morgan fingerprint density at radius 2 is 1.82 bits per heavy atom. The molecule has 1 aromatic heterocycles. The summed E-state index contributed by atoms with van der Waals surface area (Å²) in [6, 6.07) is 16.7. The Kier molecular flexibility index (Phi) is 4.16. The molecular weight excluding hydrogens is 300 g/mol. The van der Waals surface area contributed by atoms with Crippen LogP contribution in [0.5, 0.6) is 0 Å². The molecule has 0 atom stereocenters. The molecule has 0 saturated heterocycles. The third-order valence-electron chi connectivity index (χ3n) is 3.06. The molecular formula is C16H13ClN4O. The minimum Gasteiger partial charge on any atom is -0.321 e. The molecule has 1 heterocycles. The number of halogens is 1. The van der Waals surface area contributed by atoms with Gasteiger partial charge in [-0.1, -0.05) is 47.1 Å². The zero-order valence-corrected chi connectivity index (χ0v) is 12.4. The fourth-order valence-corrected chi connectivity index (χ4v) is 2.10. The number of anilines is 1. The minimum absolute atomic E-state index is 0.269. The maximum atomic E-state index is 12.1. The lowest BCUT2D eigenvalue weighted by Crippen LogP contribution is -2.12. The molecule has 1 amide bonds. The molecule has 0 aliphatic rings. The van der Waals surface area contributed by atoms with E-state index in [4.69, 9.17) is 11.6 Å². The molecule has 1 N–H and O–H groups in total. The van der Waals surface area contributed by atoms with Crippen LogP contribution in [-0.4, -0.2) is 20.9 Å². The smallest absolute Gasteiger partial charge is 0.277 e. The van der Waals surface area contributed by atoms with Gasteiger partial charge >= 0.3 is 0 Å². The van der Waals surface area contributed by atoms with Gasteiger partial charge in [0.15, 0.2) is 5.69 Å². The summed E-state index contributed by atoms with van der Waals surface area (Å²) in [5.41, 5.74) is 2.02. The lowest BCUT2D eigenvalue weighted by atomic mass is 10.2. The van der Waals surface area contributed by atoms with E-state index in [2.05, 4.69) is 15.6 Å². The summed E-state index contributed by atoms with van der Waals surface area (Å²) >= 11 is 5.81. The zero-order valence-electron chi connectivity index (χ0n) is 11.6. The van der Waals surface area contributed by atoms with Crippen LogP contribution in [0.15, 0.2) is 60.8 Å². The Hall–Kier alpha value is -2.66. The lowest BCUT2D eigenvalue weighted by molar-refractivity contribution is 0.102. The molecule has 0 saturated carbocycles. The van der Waals surface area contributed by atoms with Crippen molar-refractivity contribution in [2.75, 3.05) is 5.32 Å². The van der Waals surface area contributed by atoms with E-state index in [-0.39, 0.29) is 11.6 Å². The number of nitrogens with zero attached hydrogens (tertiary/aromatic N) is 3. The average molecular weight is 313 g/mol. The van der Waals surface area contributed by atoms with Crippen molar-refractivity contribution in [2.45, 2.75) is 6.54 Å². The Labute approximate surface area is 132 Å². The van der Waals surface area contributed by atoms with Crippen LogP contribution in [0.3, 0.4) is 0 Å². The number of carbonyl (C=O) groups excluding carboxylic acids is 1. The van der Waals surface area contributed by atoms with Gasteiger partial charge < -0.3 is 5.32 Å². The number of hydrogen-bond acceptors (Lipinski definition) is 3. The number of nitrogens with one attached hydrogen (secondary N) is 1. The maximum absolute atomic E-state index is 12.1. The molecule has 3 rings (SSSR count). The van der Waals surface area contributed by atoms with Crippen LogP contribution in [0.1, 0.15) is 16.1 Å². The molecule has 0 unspecified atom stereocenters. The Bertz CT molecular complexity index is 768. The predicted molar refractivity (Wildman–Crippen MR) is 85.0 cm³/mol. The second kappa shape index (κ2) is 6.41. The first-order valence-corrected chi connectivity index (χ1v) is 7.09. The highest BCUT2D eigenvalue weighted by molar-refractivity contribution is 6.30. The third-order valence-corrected chi connectivity index (χ3v) is 3.31. The molecule has 5 nitrogen and oxygen atoms in total. The first kappa shape index (κ1) is 14.3. The van der Waals surface area contributed by atoms with E-state index in [0.29, 0.717) is 17.3 Å². The van der Waals surface area contributed by atoms with Crippen molar-refractivity contribution in [1.82, 2.24) is 15.0 Å². The van der Waals surface area contributed by atoms with Crippen LogP contribution in [0.4, 0.5) is 5.69 Å². The number of rotatable bonds is 4. The zero-order chi connectivity index (χ0) is 15.4. The van der Waals surface area contributed by atoms with Gasteiger partial charge in [0.2, 0.25) is 0 Å². The fourth-order valence-electron chi connectivity index (χ4n) is 1.98. The molecule has 3 aromatic rings. The topological polar surface area (TPSA) is 59.8 Å². The van der Waals surface area contributed by atoms with Crippen molar-refractivity contribution >= 4 is 23.2 Å². The van der Waals surface area contributed by atoms with E-state index < -0.39 is 0 Å². The van der Waals surface area contributed by atoms with Crippen LogP contribution in [0.2, 0.25) is 5.02 Å². The van der Waals surface area contributed by atoms with E-state index in [9.17, 15) is 4.79 Å². The number of benzene rings is 2. The standard InChI is InChI=1S/C16H13ClN4O/c17-13-6-8-14(9-7-13)18-16(22)15-11-21(20-19-15)10-12-4-2-1-3-5-12/h1-9,11H,10H2,(H,18,22). The molecule has 0 bridgehead atoms.